The molecule has 0 bridgehead atoms. The van der Waals surface area contributed by atoms with Crippen molar-refractivity contribution in [1.29, 1.82) is 0 Å². The number of tetrazole rings is 1. The van der Waals surface area contributed by atoms with Gasteiger partial charge in [-0.25, -0.2) is 0 Å². The Hall–Kier alpha value is -2.44. The third-order valence-electron chi connectivity index (χ3n) is 3.33. The summed E-state index contributed by atoms with van der Waals surface area (Å²) in [7, 11) is 0. The number of hydrogen-bond donors (Lipinski definition) is 1. The summed E-state index contributed by atoms with van der Waals surface area (Å²) in [4.78, 5) is 13.8. The van der Waals surface area contributed by atoms with E-state index in [1.54, 1.807) is 4.68 Å². The Balaban J connectivity index is 1.66. The lowest BCUT2D eigenvalue weighted by Crippen LogP contribution is -2.33. The summed E-state index contributed by atoms with van der Waals surface area (Å²) in [6, 6.07) is 9.57. The van der Waals surface area contributed by atoms with E-state index in [4.69, 9.17) is 0 Å². The predicted molar refractivity (Wildman–Crippen MR) is 73.5 cm³/mol. The molecule has 1 fully saturated rings. The summed E-state index contributed by atoms with van der Waals surface area (Å²) in [6.07, 6.45) is 2.18. The van der Waals surface area contributed by atoms with Crippen molar-refractivity contribution in [3.05, 3.63) is 30.3 Å². The second-order valence-corrected chi connectivity index (χ2v) is 4.69. The summed E-state index contributed by atoms with van der Waals surface area (Å²) in [5.74, 6) is 0.564. The van der Waals surface area contributed by atoms with Crippen LogP contribution in [0.15, 0.2) is 30.3 Å². The molecule has 104 valence electrons. The molecular formula is C13H16N6O. The average Bonchev–Trinajstić information content (AvgIpc) is 3.17. The first-order valence-corrected chi connectivity index (χ1v) is 6.70. The van der Waals surface area contributed by atoms with Gasteiger partial charge in [-0.05, 0) is 35.4 Å². The van der Waals surface area contributed by atoms with Gasteiger partial charge >= 0.3 is 0 Å². The van der Waals surface area contributed by atoms with Crippen molar-refractivity contribution in [2.75, 3.05) is 25.0 Å². The van der Waals surface area contributed by atoms with Gasteiger partial charge in [-0.1, -0.05) is 23.3 Å². The van der Waals surface area contributed by atoms with Gasteiger partial charge in [-0.3, -0.25) is 4.79 Å². The van der Waals surface area contributed by atoms with Gasteiger partial charge in [0.25, 0.3) is 0 Å². The van der Waals surface area contributed by atoms with Crippen LogP contribution in [0.25, 0.3) is 5.69 Å². The Morgan fingerprint density at radius 2 is 1.95 bits per heavy atom. The van der Waals surface area contributed by atoms with Crippen LogP contribution in [0, 0.1) is 0 Å². The van der Waals surface area contributed by atoms with E-state index in [1.165, 1.54) is 0 Å². The molecule has 0 radical (unpaired) electrons. The maximum absolute atomic E-state index is 12.0. The van der Waals surface area contributed by atoms with Gasteiger partial charge in [0.1, 0.15) is 0 Å². The second-order valence-electron chi connectivity index (χ2n) is 4.69. The normalized spacial score (nSPS) is 14.5. The zero-order valence-corrected chi connectivity index (χ0v) is 11.1. The molecule has 1 amide bonds. The molecular weight excluding hydrogens is 256 g/mol. The number of nitrogens with zero attached hydrogens (tertiary/aromatic N) is 5. The van der Waals surface area contributed by atoms with E-state index in [0.29, 0.717) is 5.95 Å². The highest BCUT2D eigenvalue weighted by Gasteiger charge is 2.18. The second kappa shape index (κ2) is 5.68. The highest BCUT2D eigenvalue weighted by molar-refractivity contribution is 5.80. The maximum Gasteiger partial charge on any atom is 0.248 e. The number of rotatable bonds is 4. The van der Waals surface area contributed by atoms with E-state index >= 15 is 0 Å². The topological polar surface area (TPSA) is 75.9 Å². The van der Waals surface area contributed by atoms with E-state index in [2.05, 4.69) is 20.8 Å². The molecule has 1 saturated heterocycles. The van der Waals surface area contributed by atoms with Crippen LogP contribution in [0.3, 0.4) is 0 Å². The maximum atomic E-state index is 12.0. The Labute approximate surface area is 116 Å². The lowest BCUT2D eigenvalue weighted by Gasteiger charge is -2.15. The molecule has 3 rings (SSSR count). The van der Waals surface area contributed by atoms with Crippen molar-refractivity contribution in [1.82, 2.24) is 25.1 Å². The number of carbonyl (C=O) groups excluding carboxylic acids is 1. The Kier molecular flexibility index (Phi) is 3.58. The van der Waals surface area contributed by atoms with E-state index in [1.807, 2.05) is 35.2 Å². The third-order valence-corrected chi connectivity index (χ3v) is 3.33. The van der Waals surface area contributed by atoms with Crippen LogP contribution < -0.4 is 5.32 Å². The zero-order chi connectivity index (χ0) is 13.8. The summed E-state index contributed by atoms with van der Waals surface area (Å²) in [6.45, 7) is 1.92. The third kappa shape index (κ3) is 2.61. The van der Waals surface area contributed by atoms with Gasteiger partial charge in [0.05, 0.1) is 12.2 Å². The SMILES string of the molecule is O=C(CNc1nnnn1-c1ccccc1)N1CCCC1. The average molecular weight is 272 g/mol. The van der Waals surface area contributed by atoms with Crippen LogP contribution in [0.2, 0.25) is 0 Å². The number of likely N-dealkylation sites (tertiary alicyclic amines) is 1. The molecule has 1 aliphatic rings. The van der Waals surface area contributed by atoms with Crippen LogP contribution in [0.5, 0.6) is 0 Å². The van der Waals surface area contributed by atoms with Crippen LogP contribution in [0.4, 0.5) is 5.95 Å². The highest BCUT2D eigenvalue weighted by atomic mass is 16.2. The first kappa shape index (κ1) is 12.6. The van der Waals surface area contributed by atoms with Gasteiger partial charge in [0, 0.05) is 13.1 Å². The van der Waals surface area contributed by atoms with E-state index in [-0.39, 0.29) is 12.5 Å². The minimum Gasteiger partial charge on any atom is -0.344 e. The number of benzene rings is 1. The van der Waals surface area contributed by atoms with Crippen molar-refractivity contribution in [3.63, 3.8) is 0 Å². The Morgan fingerprint density at radius 1 is 1.20 bits per heavy atom. The van der Waals surface area contributed by atoms with Gasteiger partial charge in [-0.2, -0.15) is 4.68 Å². The van der Waals surface area contributed by atoms with Gasteiger partial charge < -0.3 is 10.2 Å². The Morgan fingerprint density at radius 3 is 2.70 bits per heavy atom. The highest BCUT2D eigenvalue weighted by Crippen LogP contribution is 2.11. The van der Waals surface area contributed by atoms with Crippen LogP contribution in [0.1, 0.15) is 12.8 Å². The van der Waals surface area contributed by atoms with E-state index < -0.39 is 0 Å². The van der Waals surface area contributed by atoms with Crippen molar-refractivity contribution in [3.8, 4) is 5.69 Å². The molecule has 1 aromatic heterocycles. The first-order valence-electron chi connectivity index (χ1n) is 6.70. The number of nitrogens with one attached hydrogen (secondary N) is 1. The first-order chi connectivity index (χ1) is 9.84. The quantitative estimate of drug-likeness (QED) is 0.886. The van der Waals surface area contributed by atoms with Crippen molar-refractivity contribution >= 4 is 11.9 Å². The van der Waals surface area contributed by atoms with E-state index in [0.717, 1.165) is 31.6 Å². The van der Waals surface area contributed by atoms with Gasteiger partial charge in [0.15, 0.2) is 0 Å². The summed E-state index contributed by atoms with van der Waals surface area (Å²) in [5.41, 5.74) is 0.855. The largest absolute Gasteiger partial charge is 0.344 e. The molecule has 2 aromatic rings. The fourth-order valence-corrected chi connectivity index (χ4v) is 2.27. The molecule has 7 heteroatoms. The molecule has 0 saturated carbocycles. The monoisotopic (exact) mass is 272 g/mol. The number of amides is 1. The fourth-order valence-electron chi connectivity index (χ4n) is 2.27. The van der Waals surface area contributed by atoms with Crippen LogP contribution in [-0.4, -0.2) is 50.6 Å². The lowest BCUT2D eigenvalue weighted by molar-refractivity contribution is -0.128. The minimum atomic E-state index is 0.0881. The molecule has 0 spiro atoms. The minimum absolute atomic E-state index is 0.0881. The number of carbonyl (C=O) groups is 1. The Bertz CT molecular complexity index is 576. The molecule has 0 aliphatic carbocycles. The summed E-state index contributed by atoms with van der Waals surface area (Å²) in [5, 5.41) is 14.5. The number of aromatic nitrogens is 4. The van der Waals surface area contributed by atoms with Gasteiger partial charge in [-0.15, -0.1) is 0 Å². The molecule has 1 aromatic carbocycles. The molecule has 7 nitrogen and oxygen atoms in total. The summed E-state index contributed by atoms with van der Waals surface area (Å²) >= 11 is 0. The van der Waals surface area contributed by atoms with Gasteiger partial charge in [0.2, 0.25) is 11.9 Å². The van der Waals surface area contributed by atoms with Crippen LogP contribution >= 0.6 is 0 Å². The van der Waals surface area contributed by atoms with Crippen molar-refractivity contribution in [2.45, 2.75) is 12.8 Å². The van der Waals surface area contributed by atoms with Crippen molar-refractivity contribution < 1.29 is 4.79 Å². The molecule has 0 atom stereocenters. The van der Waals surface area contributed by atoms with Crippen molar-refractivity contribution in [2.24, 2.45) is 0 Å². The van der Waals surface area contributed by atoms with Crippen LogP contribution in [-0.2, 0) is 4.79 Å². The molecule has 1 N–H and O–H groups in total. The molecule has 0 unspecified atom stereocenters. The summed E-state index contributed by atoms with van der Waals surface area (Å²) < 4.78 is 1.58. The molecule has 1 aliphatic heterocycles. The standard InChI is InChI=1S/C13H16N6O/c20-12(18-8-4-5-9-18)10-14-13-15-16-17-19(13)11-6-2-1-3-7-11/h1-3,6-7H,4-5,8-10H2,(H,14,15,17). The predicted octanol–water partition coefficient (Wildman–Crippen LogP) is 0.697. The molecule has 2 heterocycles. The molecule has 20 heavy (non-hydrogen) atoms. The number of anilines is 1. The lowest BCUT2D eigenvalue weighted by atomic mass is 10.3. The fraction of sp³-hybridized carbons (Fsp3) is 0.385. The zero-order valence-electron chi connectivity index (χ0n) is 11.1. The smallest absolute Gasteiger partial charge is 0.248 e. The number of para-hydroxylation sites is 1. The number of hydrogen-bond acceptors (Lipinski definition) is 5. The van der Waals surface area contributed by atoms with E-state index in [9.17, 15) is 4.79 Å².